The fourth-order valence-corrected chi connectivity index (χ4v) is 3.66. The summed E-state index contributed by atoms with van der Waals surface area (Å²) in [7, 11) is 0. The van der Waals surface area contributed by atoms with Crippen LogP contribution in [0, 0.1) is 6.92 Å². The van der Waals surface area contributed by atoms with Crippen LogP contribution in [0.2, 0.25) is 0 Å². The Labute approximate surface area is 135 Å². The maximum atomic E-state index is 3.72. The summed E-state index contributed by atoms with van der Waals surface area (Å²) in [6, 6.07) is 16.0. The Morgan fingerprint density at radius 3 is 2.62 bits per heavy atom. The van der Waals surface area contributed by atoms with Crippen molar-refractivity contribution in [1.82, 2.24) is 0 Å². The first-order valence-electron chi connectivity index (χ1n) is 7.78. The summed E-state index contributed by atoms with van der Waals surface area (Å²) < 4.78 is 1.16. The molecule has 1 N–H and O–H groups in total. The summed E-state index contributed by atoms with van der Waals surface area (Å²) in [6.45, 7) is 4.43. The van der Waals surface area contributed by atoms with Crippen LogP contribution < -0.4 is 5.32 Å². The molecule has 1 aliphatic rings. The molecule has 0 heterocycles. The fraction of sp³-hybridized carbons (Fsp3) is 0.368. The summed E-state index contributed by atoms with van der Waals surface area (Å²) in [5, 5.41) is 3.72. The molecular weight excluding hydrogens is 322 g/mol. The van der Waals surface area contributed by atoms with Gasteiger partial charge in [-0.3, -0.25) is 0 Å². The Hall–Kier alpha value is -1.28. The van der Waals surface area contributed by atoms with E-state index in [9.17, 15) is 0 Å². The fourth-order valence-electron chi connectivity index (χ4n) is 3.25. The van der Waals surface area contributed by atoms with Crippen LogP contribution in [0.5, 0.6) is 0 Å². The molecule has 2 aromatic rings. The van der Waals surface area contributed by atoms with E-state index in [4.69, 9.17) is 0 Å². The predicted molar refractivity (Wildman–Crippen MR) is 94.1 cm³/mol. The molecule has 1 fully saturated rings. The maximum absolute atomic E-state index is 3.72. The van der Waals surface area contributed by atoms with E-state index in [1.54, 1.807) is 0 Å². The summed E-state index contributed by atoms with van der Waals surface area (Å²) in [5.41, 5.74) is 5.65. The lowest BCUT2D eigenvalue weighted by molar-refractivity contribution is 0.373. The van der Waals surface area contributed by atoms with Gasteiger partial charge in [0.1, 0.15) is 0 Å². The van der Waals surface area contributed by atoms with E-state index in [1.807, 2.05) is 0 Å². The van der Waals surface area contributed by atoms with Crippen LogP contribution in [-0.4, -0.2) is 6.04 Å². The lowest BCUT2D eigenvalue weighted by Crippen LogP contribution is -2.34. The van der Waals surface area contributed by atoms with Crippen molar-refractivity contribution in [2.45, 2.75) is 45.1 Å². The van der Waals surface area contributed by atoms with Crippen molar-refractivity contribution in [2.24, 2.45) is 0 Å². The van der Waals surface area contributed by atoms with Crippen molar-refractivity contribution in [3.63, 3.8) is 0 Å². The molecule has 0 saturated heterocycles. The summed E-state index contributed by atoms with van der Waals surface area (Å²) >= 11 is 3.55. The second-order valence-corrected chi connectivity index (χ2v) is 6.94. The molecule has 21 heavy (non-hydrogen) atoms. The van der Waals surface area contributed by atoms with E-state index in [-0.39, 0.29) is 0 Å². The van der Waals surface area contributed by atoms with Crippen molar-refractivity contribution in [3.05, 3.63) is 63.6 Å². The molecule has 0 aromatic heterocycles. The van der Waals surface area contributed by atoms with Gasteiger partial charge >= 0.3 is 0 Å². The average Bonchev–Trinajstić information content (AvgIpc) is 2.44. The first-order valence-corrected chi connectivity index (χ1v) is 8.57. The number of aryl methyl sites for hydroxylation is 2. The van der Waals surface area contributed by atoms with Crippen LogP contribution in [0.25, 0.3) is 0 Å². The SMILES string of the molecule is CCc1cc(Br)ccc1NC1CC(c2ccccc2C)C1. The molecule has 0 aliphatic heterocycles. The van der Waals surface area contributed by atoms with Gasteiger partial charge in [0, 0.05) is 16.2 Å². The third kappa shape index (κ3) is 3.16. The summed E-state index contributed by atoms with van der Waals surface area (Å²) in [6.07, 6.45) is 3.55. The van der Waals surface area contributed by atoms with E-state index in [2.05, 4.69) is 77.6 Å². The zero-order valence-electron chi connectivity index (χ0n) is 12.7. The Bertz CT molecular complexity index is 629. The van der Waals surface area contributed by atoms with E-state index in [1.165, 1.54) is 35.2 Å². The van der Waals surface area contributed by atoms with E-state index in [0.717, 1.165) is 16.8 Å². The third-order valence-corrected chi connectivity index (χ3v) is 5.07. The molecule has 0 radical (unpaired) electrons. The highest BCUT2D eigenvalue weighted by Crippen LogP contribution is 2.40. The van der Waals surface area contributed by atoms with E-state index < -0.39 is 0 Å². The zero-order valence-corrected chi connectivity index (χ0v) is 14.3. The lowest BCUT2D eigenvalue weighted by atomic mass is 9.74. The van der Waals surface area contributed by atoms with Crippen LogP contribution in [0.3, 0.4) is 0 Å². The van der Waals surface area contributed by atoms with Gasteiger partial charge < -0.3 is 5.32 Å². The Morgan fingerprint density at radius 2 is 1.90 bits per heavy atom. The van der Waals surface area contributed by atoms with Gasteiger partial charge in [-0.25, -0.2) is 0 Å². The largest absolute Gasteiger partial charge is 0.382 e. The molecular formula is C19H22BrN. The highest BCUT2D eigenvalue weighted by atomic mass is 79.9. The van der Waals surface area contributed by atoms with Gasteiger partial charge in [-0.15, -0.1) is 0 Å². The standard InChI is InChI=1S/C19H22BrN/c1-3-14-10-16(20)8-9-19(14)21-17-11-15(12-17)18-7-5-4-6-13(18)2/h4-10,15,17,21H,3,11-12H2,1-2H3. The molecule has 0 bridgehead atoms. The molecule has 1 nitrogen and oxygen atoms in total. The molecule has 0 amide bonds. The molecule has 1 saturated carbocycles. The van der Waals surface area contributed by atoms with Crippen LogP contribution in [-0.2, 0) is 6.42 Å². The molecule has 110 valence electrons. The first-order chi connectivity index (χ1) is 10.2. The van der Waals surface area contributed by atoms with Crippen molar-refractivity contribution < 1.29 is 0 Å². The van der Waals surface area contributed by atoms with Crippen molar-refractivity contribution in [3.8, 4) is 0 Å². The molecule has 0 atom stereocenters. The summed E-state index contributed by atoms with van der Waals surface area (Å²) in [5.74, 6) is 0.726. The highest BCUT2D eigenvalue weighted by molar-refractivity contribution is 9.10. The molecule has 3 rings (SSSR count). The Kier molecular flexibility index (Phi) is 4.34. The minimum atomic E-state index is 0.612. The Balaban J connectivity index is 1.64. The zero-order chi connectivity index (χ0) is 14.8. The van der Waals surface area contributed by atoms with Gasteiger partial charge in [-0.1, -0.05) is 47.1 Å². The monoisotopic (exact) mass is 343 g/mol. The summed E-state index contributed by atoms with van der Waals surface area (Å²) in [4.78, 5) is 0. The number of rotatable bonds is 4. The number of halogens is 1. The second-order valence-electron chi connectivity index (χ2n) is 6.02. The second kappa shape index (κ2) is 6.23. The van der Waals surface area contributed by atoms with Crippen molar-refractivity contribution >= 4 is 21.6 Å². The van der Waals surface area contributed by atoms with E-state index in [0.29, 0.717) is 6.04 Å². The van der Waals surface area contributed by atoms with Gasteiger partial charge in [0.15, 0.2) is 0 Å². The number of anilines is 1. The van der Waals surface area contributed by atoms with E-state index >= 15 is 0 Å². The Morgan fingerprint density at radius 1 is 1.14 bits per heavy atom. The lowest BCUT2D eigenvalue weighted by Gasteiger charge is -2.38. The van der Waals surface area contributed by atoms with Crippen LogP contribution in [0.1, 0.15) is 42.4 Å². The van der Waals surface area contributed by atoms with Crippen LogP contribution >= 0.6 is 15.9 Å². The maximum Gasteiger partial charge on any atom is 0.0375 e. The molecule has 1 aliphatic carbocycles. The normalized spacial score (nSPS) is 20.9. The molecule has 0 spiro atoms. The third-order valence-electron chi connectivity index (χ3n) is 4.57. The predicted octanol–water partition coefficient (Wildman–Crippen LogP) is 5.68. The average molecular weight is 344 g/mol. The highest BCUT2D eigenvalue weighted by Gasteiger charge is 2.31. The van der Waals surface area contributed by atoms with Gasteiger partial charge in [0.25, 0.3) is 0 Å². The number of hydrogen-bond donors (Lipinski definition) is 1. The first kappa shape index (κ1) is 14.6. The molecule has 2 heteroatoms. The van der Waals surface area contributed by atoms with Crippen molar-refractivity contribution in [2.75, 3.05) is 5.32 Å². The van der Waals surface area contributed by atoms with Gasteiger partial charge in [-0.05, 0) is 67.0 Å². The minimum Gasteiger partial charge on any atom is -0.382 e. The van der Waals surface area contributed by atoms with Gasteiger partial charge in [0.2, 0.25) is 0 Å². The van der Waals surface area contributed by atoms with Gasteiger partial charge in [0.05, 0.1) is 0 Å². The number of hydrogen-bond acceptors (Lipinski definition) is 1. The van der Waals surface area contributed by atoms with Crippen molar-refractivity contribution in [1.29, 1.82) is 0 Å². The minimum absolute atomic E-state index is 0.612. The van der Waals surface area contributed by atoms with Gasteiger partial charge in [-0.2, -0.15) is 0 Å². The molecule has 0 unspecified atom stereocenters. The quantitative estimate of drug-likeness (QED) is 0.753. The number of nitrogens with one attached hydrogen (secondary N) is 1. The van der Waals surface area contributed by atoms with Crippen LogP contribution in [0.15, 0.2) is 46.9 Å². The topological polar surface area (TPSA) is 12.0 Å². The molecule has 2 aromatic carbocycles. The smallest absolute Gasteiger partial charge is 0.0375 e. The van der Waals surface area contributed by atoms with Crippen LogP contribution in [0.4, 0.5) is 5.69 Å². The number of benzene rings is 2.